The number of ether oxygens (including phenoxy) is 18. The lowest BCUT2D eigenvalue weighted by Gasteiger charge is -2.72. The Kier molecular flexibility index (Phi) is 35.8. The molecule has 5 aliphatic carbocycles. The zero-order valence-corrected chi connectivity index (χ0v) is 80.2. The molecule has 52 atom stereocenters. The van der Waals surface area contributed by atoms with Gasteiger partial charge in [0.2, 0.25) is 6.29 Å². The van der Waals surface area contributed by atoms with Crippen LogP contribution in [-0.4, -0.2) is 427 Å². The SMILES string of the molecule is CC[C@H](C)[C@H](C[C@H](O)CC(=O)OC1C(O)C(C)OC(OC(=O)[C@]23CCC(C)(C)CC2C2=CCC4[C@@]5(C)CC[C@H](OC6OC(C(=O)O)C(O)C(OC7OCC(O)C(O)C7O)C6OC6OC(CO)C(O)C(O)C6O)[C@@](C)(C=O)C5CC[C@@]4(C)[C@]2(C)C[C@H]3C)C1OC1OC(C)C(OC2OCC(O)C(OC3OCC(O)C(O)C3O)C2O)C(O)C1O)OC(=O)C[C@@H](O)C[C@H](OC1OC(CO)C(O)C1O)[C@@H](C)CC. The van der Waals surface area contributed by atoms with Gasteiger partial charge in [-0.15, -0.1) is 0 Å². The number of aldehydes is 1. The molecule has 12 fully saturated rings. The van der Waals surface area contributed by atoms with Gasteiger partial charge < -0.3 is 202 Å². The second kappa shape index (κ2) is 44.5. The Hall–Kier alpha value is -4.15. The number of aliphatic hydroxyl groups excluding tert-OH is 21. The molecule has 45 heteroatoms. The highest BCUT2D eigenvalue weighted by molar-refractivity contribution is 5.80. The first-order chi connectivity index (χ1) is 64.8. The highest BCUT2D eigenvalue weighted by Crippen LogP contribution is 2.77. The summed E-state index contributed by atoms with van der Waals surface area (Å²) < 4.78 is 109. The second-order valence-corrected chi connectivity index (χ2v) is 42.8. The average molecular weight is 1990 g/mol. The van der Waals surface area contributed by atoms with Gasteiger partial charge in [0.05, 0.1) is 93.3 Å². The Balaban J connectivity index is 0.763. The Labute approximate surface area is 799 Å². The largest absolute Gasteiger partial charge is 0.479 e. The first kappa shape index (κ1) is 111. The van der Waals surface area contributed by atoms with Crippen LogP contribution in [0.25, 0.3) is 0 Å². The summed E-state index contributed by atoms with van der Waals surface area (Å²) in [5.74, 6) is -7.21. The maximum absolute atomic E-state index is 16.6. The molecular weight excluding hydrogens is 1840 g/mol. The minimum absolute atomic E-state index is 0.0826. The molecule has 0 aromatic carbocycles. The van der Waals surface area contributed by atoms with Crippen LogP contribution in [-0.2, 0) is 109 Å². The predicted octanol–water partition coefficient (Wildman–Crippen LogP) is -4.41. The van der Waals surface area contributed by atoms with Crippen molar-refractivity contribution in [3.63, 3.8) is 0 Å². The van der Waals surface area contributed by atoms with E-state index in [9.17, 15) is 132 Å². The summed E-state index contributed by atoms with van der Waals surface area (Å²) in [4.78, 5) is 72.9. The van der Waals surface area contributed by atoms with Gasteiger partial charge in [0.25, 0.3) is 0 Å². The molecular formula is C93H150O45. The first-order valence-corrected chi connectivity index (χ1v) is 48.7. The van der Waals surface area contributed by atoms with Gasteiger partial charge in [0, 0.05) is 12.8 Å². The Morgan fingerprint density at radius 1 is 0.471 bits per heavy atom. The zero-order valence-electron chi connectivity index (χ0n) is 80.2. The van der Waals surface area contributed by atoms with Gasteiger partial charge in [-0.3, -0.25) is 14.4 Å². The van der Waals surface area contributed by atoms with Crippen molar-refractivity contribution in [2.45, 2.75) is 438 Å². The highest BCUT2D eigenvalue weighted by atomic mass is 16.8. The van der Waals surface area contributed by atoms with Crippen LogP contribution in [0.1, 0.15) is 186 Å². The second-order valence-electron chi connectivity index (χ2n) is 42.8. The van der Waals surface area contributed by atoms with Gasteiger partial charge in [-0.05, 0) is 129 Å². The van der Waals surface area contributed by atoms with Gasteiger partial charge in [-0.2, -0.15) is 0 Å². The summed E-state index contributed by atoms with van der Waals surface area (Å²) in [5.41, 5.74) is -4.36. The molecule has 4 saturated carbocycles. The van der Waals surface area contributed by atoms with Crippen molar-refractivity contribution in [3.8, 4) is 0 Å². The predicted molar refractivity (Wildman–Crippen MR) is 461 cm³/mol. The van der Waals surface area contributed by atoms with Gasteiger partial charge in [-0.1, -0.05) is 101 Å². The molecule has 0 aromatic heterocycles. The normalized spacial score (nSPS) is 48.8. The van der Waals surface area contributed by atoms with Crippen molar-refractivity contribution in [2.24, 2.45) is 68.0 Å². The fraction of sp³-hybridized carbons (Fsp3) is 0.925. The monoisotopic (exact) mass is 1990 g/mol. The summed E-state index contributed by atoms with van der Waals surface area (Å²) in [7, 11) is 0. The number of carboxylic acids is 1. The third-order valence-electron chi connectivity index (χ3n) is 33.6. The lowest BCUT2D eigenvalue weighted by Crippen LogP contribution is -2.69. The van der Waals surface area contributed by atoms with Crippen LogP contribution >= 0.6 is 0 Å². The van der Waals surface area contributed by atoms with Gasteiger partial charge >= 0.3 is 23.9 Å². The third kappa shape index (κ3) is 21.7. The van der Waals surface area contributed by atoms with E-state index in [1.165, 1.54) is 13.8 Å². The number of carbonyl (C=O) groups is 5. The van der Waals surface area contributed by atoms with Crippen LogP contribution in [0.4, 0.5) is 0 Å². The summed E-state index contributed by atoms with van der Waals surface area (Å²) in [6.45, 7) is 21.2. The maximum atomic E-state index is 16.6. The van der Waals surface area contributed by atoms with E-state index in [1.807, 2.05) is 20.8 Å². The zero-order chi connectivity index (χ0) is 101. The van der Waals surface area contributed by atoms with Crippen LogP contribution in [0.2, 0.25) is 0 Å². The molecule has 22 N–H and O–H groups in total. The first-order valence-electron chi connectivity index (χ1n) is 48.7. The number of esters is 3. The van der Waals surface area contributed by atoms with Gasteiger partial charge in [0.15, 0.2) is 62.3 Å². The van der Waals surface area contributed by atoms with Crippen LogP contribution in [0.5, 0.6) is 0 Å². The number of aliphatic carboxylic acids is 1. The molecule has 0 radical (unpaired) electrons. The molecule has 13 rings (SSSR count). The molecule has 8 heterocycles. The summed E-state index contributed by atoms with van der Waals surface area (Å²) in [5, 5.41) is 243. The average Bonchev–Trinajstić information content (AvgIpc) is 1.09. The standard InChI is InChI=1S/C93H150O45/c1-14-36(3)48(126-55(102)26-42(98)25-49(37(4)15-2)127-83-66(113)61(108)51(31-95)128-83)24-41(97)27-56(103)131-73-57(104)39(6)124-85(76(73)136-82-68(115)63(110)71(40(7)125-82)132-81-70(117)72(47(101)34-123-81)133-79-64(111)58(105)45(99)32-121-79)138-87(120)93-23-22-88(8,9)29-44(93)43-16-17-53-89(10)20-19-54(90(11,35-96)52(89)18-21-91(53,12)92(43,13)28-38(93)5)130-86-77(137-84-67(114)62(109)60(107)50(30-94)129-84)74(69(116)75(135-86)78(118)119)134-80-65(112)59(106)46(100)33-122-80/h16,35-42,44-54,57-77,79-86,94-95,97-101,104-117H,14-15,17-34H2,1-13H3,(H,118,119)/t36-,37-,38+,39?,40?,41-,42-,44?,45?,46?,47?,48-,49-,50?,51?,52?,53?,54-,57?,58?,59?,60?,61?,62?,63?,64?,65?,66?,67?,68?,69?,70?,71?,72?,73?,74?,75?,76?,77?,79?,80?,81?,82?,83?,84?,85?,86?,89-,90-,91+,92+,93-/m0/s1. The fourth-order valence-electron chi connectivity index (χ4n) is 24.6. The minimum Gasteiger partial charge on any atom is -0.479 e. The van der Waals surface area contributed by atoms with Crippen LogP contribution in [0, 0.1) is 68.0 Å². The van der Waals surface area contributed by atoms with E-state index in [0.29, 0.717) is 57.8 Å². The van der Waals surface area contributed by atoms with Crippen molar-refractivity contribution in [1.29, 1.82) is 0 Å². The fourth-order valence-corrected chi connectivity index (χ4v) is 24.6. The summed E-state index contributed by atoms with van der Waals surface area (Å²) >= 11 is 0. The molecule has 13 aliphatic rings. The van der Waals surface area contributed by atoms with Crippen LogP contribution < -0.4 is 0 Å². The number of fused-ring (bicyclic) bond motifs is 7. The Morgan fingerprint density at radius 2 is 0.978 bits per heavy atom. The summed E-state index contributed by atoms with van der Waals surface area (Å²) in [6, 6.07) is 0. The number of aliphatic hydroxyl groups is 21. The van der Waals surface area contributed by atoms with E-state index >= 15 is 4.79 Å². The van der Waals surface area contributed by atoms with E-state index in [1.54, 1.807) is 20.8 Å². The molecule has 8 saturated heterocycles. The number of hydrogen-bond acceptors (Lipinski definition) is 44. The van der Waals surface area contributed by atoms with Gasteiger partial charge in [-0.25, -0.2) is 4.79 Å². The molecule has 792 valence electrons. The van der Waals surface area contributed by atoms with E-state index in [0.717, 1.165) is 11.9 Å². The smallest absolute Gasteiger partial charge is 0.335 e. The molecule has 0 bridgehead atoms. The molecule has 0 amide bonds. The van der Waals surface area contributed by atoms with Crippen molar-refractivity contribution >= 4 is 30.2 Å². The van der Waals surface area contributed by atoms with Crippen molar-refractivity contribution in [2.75, 3.05) is 33.0 Å². The van der Waals surface area contributed by atoms with Crippen LogP contribution in [0.15, 0.2) is 11.6 Å². The number of carboxylic acid groups (broad SMARTS) is 1. The topological polar surface area (TPSA) is 697 Å². The molecule has 8 aliphatic heterocycles. The Morgan fingerprint density at radius 3 is 1.57 bits per heavy atom. The third-order valence-corrected chi connectivity index (χ3v) is 33.6. The van der Waals surface area contributed by atoms with Gasteiger partial charge in [0.1, 0.15) is 153 Å². The summed E-state index contributed by atoms with van der Waals surface area (Å²) in [6.07, 6.45) is -66.2. The molecule has 138 heavy (non-hydrogen) atoms. The quantitative estimate of drug-likeness (QED) is 0.00951. The molecule has 39 unspecified atom stereocenters. The number of rotatable bonds is 34. The number of hydrogen-bond donors (Lipinski definition) is 22. The van der Waals surface area contributed by atoms with Crippen LogP contribution in [0.3, 0.4) is 0 Å². The van der Waals surface area contributed by atoms with E-state index in [4.69, 9.17) is 85.3 Å². The Bertz CT molecular complexity index is 4080. The van der Waals surface area contributed by atoms with E-state index < -0.39 is 378 Å². The van der Waals surface area contributed by atoms with Crippen molar-refractivity contribution in [3.05, 3.63) is 11.6 Å². The molecule has 0 spiro atoms. The lowest BCUT2D eigenvalue weighted by atomic mass is 9.32. The highest BCUT2D eigenvalue weighted by Gasteiger charge is 2.73. The maximum Gasteiger partial charge on any atom is 0.335 e. The number of carbonyl (C=O) groups excluding carboxylic acids is 4. The van der Waals surface area contributed by atoms with E-state index in [2.05, 4.69) is 40.7 Å². The molecule has 0 aromatic rings. The van der Waals surface area contributed by atoms with E-state index in [-0.39, 0.29) is 37.5 Å². The minimum atomic E-state index is -2.25. The lowest BCUT2D eigenvalue weighted by molar-refractivity contribution is -0.391. The molecule has 45 nitrogen and oxygen atoms in total. The number of allylic oxidation sites excluding steroid dienone is 2. The van der Waals surface area contributed by atoms with Crippen molar-refractivity contribution < 1.29 is 222 Å². The van der Waals surface area contributed by atoms with Crippen molar-refractivity contribution in [1.82, 2.24) is 0 Å².